The Morgan fingerprint density at radius 1 is 1.14 bits per heavy atom. The molecule has 2 nitrogen and oxygen atoms in total. The summed E-state index contributed by atoms with van der Waals surface area (Å²) in [4.78, 5) is 14.0. The zero-order valence-corrected chi connectivity index (χ0v) is 9.23. The van der Waals surface area contributed by atoms with E-state index in [1.165, 1.54) is 0 Å². The maximum absolute atomic E-state index is 10.2. The molecule has 1 aliphatic rings. The van der Waals surface area contributed by atoms with Crippen LogP contribution < -0.4 is 0 Å². The molecule has 0 unspecified atom stereocenters. The number of pyridine rings is 1. The third-order valence-corrected chi connectivity index (χ3v) is 1.72. The second-order valence-electron chi connectivity index (χ2n) is 2.91. The molecule has 0 atom stereocenters. The van der Waals surface area contributed by atoms with Crippen LogP contribution in [0.5, 0.6) is 0 Å². The largest absolute Gasteiger partial charge is 0.300 e. The number of Topliss-reactive ketones (excluding diaryl/α,β-unsaturated/α-hetero) is 1. The first-order valence-electron chi connectivity index (χ1n) is 5.16. The lowest BCUT2D eigenvalue weighted by atomic mass is 10.3. The summed E-state index contributed by atoms with van der Waals surface area (Å²) in [5.74, 6) is 0.833. The van der Waals surface area contributed by atoms with Crippen molar-refractivity contribution in [3.63, 3.8) is 0 Å². The van der Waals surface area contributed by atoms with E-state index in [-0.39, 0.29) is 0 Å². The molecular weight excluding hydrogens is 174 g/mol. The minimum atomic E-state index is 0.370. The fourth-order valence-corrected chi connectivity index (χ4v) is 0.802. The molecule has 0 N–H and O–H groups in total. The number of carbonyl (C=O) groups excluding carboxylic acids is 1. The number of hydrogen-bond donors (Lipinski definition) is 0. The Kier molecular flexibility index (Phi) is 7.71. The Hall–Kier alpha value is -1.18. The Morgan fingerprint density at radius 3 is 1.71 bits per heavy atom. The van der Waals surface area contributed by atoms with E-state index in [0.717, 1.165) is 12.8 Å². The van der Waals surface area contributed by atoms with E-state index in [0.29, 0.717) is 11.7 Å². The van der Waals surface area contributed by atoms with Gasteiger partial charge in [-0.25, -0.2) is 0 Å². The highest BCUT2D eigenvalue weighted by Gasteiger charge is 2.25. The zero-order chi connectivity index (χ0) is 10.8. The standard InChI is InChI=1S/C5H5N.C5H8O.C2H6/c1-2-4-6-5-3-1;1-4(6)5-2-3-5;1-2/h1-5H;5H,2-3H2,1H3;1-2H3. The average Bonchev–Trinajstić information content (AvgIpc) is 3.08. The van der Waals surface area contributed by atoms with Gasteiger partial charge in [0.05, 0.1) is 0 Å². The predicted octanol–water partition coefficient (Wildman–Crippen LogP) is 3.09. The molecule has 2 rings (SSSR count). The van der Waals surface area contributed by atoms with Gasteiger partial charge in [0.1, 0.15) is 5.78 Å². The fourth-order valence-electron chi connectivity index (χ4n) is 0.802. The first-order valence-corrected chi connectivity index (χ1v) is 5.16. The van der Waals surface area contributed by atoms with Crippen molar-refractivity contribution in [2.45, 2.75) is 33.6 Å². The Balaban J connectivity index is 0.000000206. The lowest BCUT2D eigenvalue weighted by Gasteiger charge is -1.75. The van der Waals surface area contributed by atoms with Crippen molar-refractivity contribution in [2.75, 3.05) is 0 Å². The zero-order valence-electron chi connectivity index (χ0n) is 9.23. The van der Waals surface area contributed by atoms with E-state index in [1.54, 1.807) is 19.3 Å². The molecule has 0 aliphatic heterocycles. The SMILES string of the molecule is CC.CC(=O)C1CC1.c1ccncc1. The van der Waals surface area contributed by atoms with Gasteiger partial charge in [0.25, 0.3) is 0 Å². The Morgan fingerprint density at radius 2 is 1.64 bits per heavy atom. The van der Waals surface area contributed by atoms with Crippen molar-refractivity contribution < 1.29 is 4.79 Å². The molecule has 0 bridgehead atoms. The Labute approximate surface area is 86.4 Å². The fraction of sp³-hybridized carbons (Fsp3) is 0.500. The van der Waals surface area contributed by atoms with E-state index >= 15 is 0 Å². The van der Waals surface area contributed by atoms with Crippen molar-refractivity contribution in [3.05, 3.63) is 30.6 Å². The van der Waals surface area contributed by atoms with Crippen LogP contribution in [0.1, 0.15) is 33.6 Å². The van der Waals surface area contributed by atoms with Gasteiger partial charge in [0.2, 0.25) is 0 Å². The number of carbonyl (C=O) groups is 1. The molecule has 78 valence electrons. The molecule has 1 saturated carbocycles. The molecular formula is C12H19NO. The number of aromatic nitrogens is 1. The van der Waals surface area contributed by atoms with Gasteiger partial charge in [-0.05, 0) is 31.9 Å². The van der Waals surface area contributed by atoms with E-state index in [9.17, 15) is 4.79 Å². The highest BCUT2D eigenvalue weighted by Crippen LogP contribution is 2.29. The van der Waals surface area contributed by atoms with Crippen molar-refractivity contribution >= 4 is 5.78 Å². The van der Waals surface area contributed by atoms with Gasteiger partial charge in [0.15, 0.2) is 0 Å². The van der Waals surface area contributed by atoms with Gasteiger partial charge < -0.3 is 0 Å². The quantitative estimate of drug-likeness (QED) is 0.686. The molecule has 0 saturated heterocycles. The third kappa shape index (κ3) is 7.47. The molecule has 14 heavy (non-hydrogen) atoms. The number of hydrogen-bond acceptors (Lipinski definition) is 2. The molecule has 0 amide bonds. The molecule has 1 aromatic heterocycles. The smallest absolute Gasteiger partial charge is 0.132 e. The van der Waals surface area contributed by atoms with Crippen LogP contribution in [-0.4, -0.2) is 10.8 Å². The molecule has 2 heteroatoms. The normalized spacial score (nSPS) is 12.8. The first-order chi connectivity index (χ1) is 6.80. The van der Waals surface area contributed by atoms with Crippen molar-refractivity contribution in [3.8, 4) is 0 Å². The van der Waals surface area contributed by atoms with Gasteiger partial charge in [-0.1, -0.05) is 19.9 Å². The van der Waals surface area contributed by atoms with Crippen LogP contribution in [0.25, 0.3) is 0 Å². The van der Waals surface area contributed by atoms with Crippen molar-refractivity contribution in [2.24, 2.45) is 5.92 Å². The highest BCUT2D eigenvalue weighted by atomic mass is 16.1. The van der Waals surface area contributed by atoms with Crippen LogP contribution in [0, 0.1) is 5.92 Å². The summed E-state index contributed by atoms with van der Waals surface area (Å²) in [6.07, 6.45) is 5.80. The van der Waals surface area contributed by atoms with Gasteiger partial charge in [0, 0.05) is 18.3 Å². The molecule has 1 aliphatic carbocycles. The maximum atomic E-state index is 10.2. The van der Waals surface area contributed by atoms with Crippen LogP contribution in [0.3, 0.4) is 0 Å². The van der Waals surface area contributed by atoms with Crippen LogP contribution in [0.4, 0.5) is 0 Å². The second-order valence-corrected chi connectivity index (χ2v) is 2.91. The Bertz CT molecular complexity index is 203. The minimum Gasteiger partial charge on any atom is -0.300 e. The summed E-state index contributed by atoms with van der Waals surface area (Å²) in [7, 11) is 0. The molecule has 1 aromatic rings. The monoisotopic (exact) mass is 193 g/mol. The lowest BCUT2D eigenvalue weighted by molar-refractivity contribution is -0.118. The number of ketones is 1. The average molecular weight is 193 g/mol. The maximum Gasteiger partial charge on any atom is 0.132 e. The highest BCUT2D eigenvalue weighted by molar-refractivity contribution is 5.80. The summed E-state index contributed by atoms with van der Waals surface area (Å²) >= 11 is 0. The van der Waals surface area contributed by atoms with E-state index in [1.807, 2.05) is 32.0 Å². The molecule has 0 aromatic carbocycles. The third-order valence-electron chi connectivity index (χ3n) is 1.72. The molecule has 1 fully saturated rings. The molecule has 0 spiro atoms. The minimum absolute atomic E-state index is 0.370. The summed E-state index contributed by atoms with van der Waals surface area (Å²) in [5, 5.41) is 0. The molecule has 1 heterocycles. The predicted molar refractivity (Wildman–Crippen MR) is 59.0 cm³/mol. The van der Waals surface area contributed by atoms with Gasteiger partial charge in [-0.15, -0.1) is 0 Å². The summed E-state index contributed by atoms with van der Waals surface area (Å²) in [6.45, 7) is 5.66. The number of rotatable bonds is 1. The first kappa shape index (κ1) is 12.8. The second kappa shape index (κ2) is 8.42. The summed E-state index contributed by atoms with van der Waals surface area (Å²) in [6, 6.07) is 5.72. The number of nitrogens with zero attached hydrogens (tertiary/aromatic N) is 1. The van der Waals surface area contributed by atoms with E-state index < -0.39 is 0 Å². The van der Waals surface area contributed by atoms with Crippen LogP contribution in [-0.2, 0) is 4.79 Å². The summed E-state index contributed by atoms with van der Waals surface area (Å²) in [5.41, 5.74) is 0. The van der Waals surface area contributed by atoms with Crippen molar-refractivity contribution in [1.82, 2.24) is 4.98 Å². The van der Waals surface area contributed by atoms with Crippen LogP contribution in [0.2, 0.25) is 0 Å². The lowest BCUT2D eigenvalue weighted by Crippen LogP contribution is -1.88. The summed E-state index contributed by atoms with van der Waals surface area (Å²) < 4.78 is 0. The van der Waals surface area contributed by atoms with Gasteiger partial charge in [-0.3, -0.25) is 9.78 Å². The van der Waals surface area contributed by atoms with Crippen LogP contribution >= 0.6 is 0 Å². The van der Waals surface area contributed by atoms with Crippen LogP contribution in [0.15, 0.2) is 30.6 Å². The topological polar surface area (TPSA) is 30.0 Å². The van der Waals surface area contributed by atoms with Gasteiger partial charge >= 0.3 is 0 Å². The van der Waals surface area contributed by atoms with Gasteiger partial charge in [-0.2, -0.15) is 0 Å². The van der Waals surface area contributed by atoms with E-state index in [2.05, 4.69) is 4.98 Å². The molecule has 0 radical (unpaired) electrons. The van der Waals surface area contributed by atoms with Crippen molar-refractivity contribution in [1.29, 1.82) is 0 Å². The van der Waals surface area contributed by atoms with E-state index in [4.69, 9.17) is 0 Å².